The van der Waals surface area contributed by atoms with Gasteiger partial charge >= 0.3 is 0 Å². The number of hydrogen-bond acceptors (Lipinski definition) is 2. The summed E-state index contributed by atoms with van der Waals surface area (Å²) in [5.74, 6) is -1.21. The Balaban J connectivity index is 2.78. The van der Waals surface area contributed by atoms with Crippen LogP contribution in [-0.4, -0.2) is 5.78 Å². The van der Waals surface area contributed by atoms with E-state index in [1.807, 2.05) is 0 Å². The molecule has 1 unspecified atom stereocenters. The van der Waals surface area contributed by atoms with E-state index in [0.29, 0.717) is 0 Å². The van der Waals surface area contributed by atoms with E-state index in [9.17, 15) is 4.79 Å². The summed E-state index contributed by atoms with van der Waals surface area (Å²) in [6.45, 7) is 0. The molecular formula is C12H14ClNO. The third-order valence-corrected chi connectivity index (χ3v) is 2.61. The van der Waals surface area contributed by atoms with Gasteiger partial charge in [0, 0.05) is 19.6 Å². The third-order valence-electron chi connectivity index (χ3n) is 2.28. The van der Waals surface area contributed by atoms with Crippen molar-refractivity contribution in [3.63, 3.8) is 0 Å². The number of carbonyl (C=O) groups excluding carboxylic acids is 1. The minimum atomic E-state index is -2.81. The molecule has 2 N–H and O–H groups in total. The highest BCUT2D eigenvalue weighted by atomic mass is 35.5. The van der Waals surface area contributed by atoms with Crippen molar-refractivity contribution in [3.05, 3.63) is 34.9 Å². The summed E-state index contributed by atoms with van der Waals surface area (Å²) in [4.78, 5) is 12.5. The lowest BCUT2D eigenvalue weighted by Gasteiger charge is -2.32. The standard InChI is InChI=1S/C12H14ClNO/c13-10-6-2-1-5-9(10)12(14)8-4-3-7-11(12)15/h1-2,5-6H,3-4,7-8,14H2/i4D2,7D2,8D2. The summed E-state index contributed by atoms with van der Waals surface area (Å²) in [5, 5.41) is -0.00859. The Morgan fingerprint density at radius 3 is 2.93 bits per heavy atom. The molecule has 0 bridgehead atoms. The average molecular weight is 230 g/mol. The number of nitrogens with two attached hydrogens (primary N) is 1. The quantitative estimate of drug-likeness (QED) is 0.805. The number of benzene rings is 1. The Morgan fingerprint density at radius 2 is 2.20 bits per heavy atom. The number of Topliss-reactive ketones (excluding diaryl/α,β-unsaturated/α-hetero) is 1. The second kappa shape index (κ2) is 3.95. The first-order chi connectivity index (χ1) is 9.38. The predicted octanol–water partition coefficient (Wildman–Crippen LogP) is 2.64. The number of halogens is 1. The monoisotopic (exact) mass is 229 g/mol. The second-order valence-electron chi connectivity index (χ2n) is 3.27. The molecule has 0 amide bonds. The van der Waals surface area contributed by atoms with Crippen molar-refractivity contribution in [3.8, 4) is 0 Å². The van der Waals surface area contributed by atoms with Crippen molar-refractivity contribution in [1.29, 1.82) is 0 Å². The van der Waals surface area contributed by atoms with Gasteiger partial charge in [0.15, 0.2) is 5.78 Å². The van der Waals surface area contributed by atoms with Crippen LogP contribution in [0.3, 0.4) is 0 Å². The first-order valence-corrected chi connectivity index (χ1v) is 4.84. The molecule has 1 aromatic rings. The molecule has 0 radical (unpaired) electrons. The van der Waals surface area contributed by atoms with Crippen LogP contribution in [0.5, 0.6) is 0 Å². The molecule has 1 saturated carbocycles. The molecule has 0 saturated heterocycles. The number of ketones is 1. The molecule has 1 aliphatic carbocycles. The average Bonchev–Trinajstić information content (AvgIpc) is 2.34. The van der Waals surface area contributed by atoms with Gasteiger partial charge in [0.25, 0.3) is 0 Å². The highest BCUT2D eigenvalue weighted by molar-refractivity contribution is 6.31. The van der Waals surface area contributed by atoms with E-state index < -0.39 is 36.9 Å². The van der Waals surface area contributed by atoms with Gasteiger partial charge in [-0.3, -0.25) is 4.79 Å². The summed E-state index contributed by atoms with van der Waals surface area (Å²) in [5.41, 5.74) is 3.34. The SMILES string of the molecule is [2H]C1([2H])CC([2H])([2H])C([2H])([2H])C(N)(c2ccccc2Cl)C1=O. The molecule has 3 heteroatoms. The Hall–Kier alpha value is -0.860. The van der Waals surface area contributed by atoms with E-state index in [-0.39, 0.29) is 10.6 Å². The molecule has 0 spiro atoms. The van der Waals surface area contributed by atoms with Crippen LogP contribution < -0.4 is 5.73 Å². The smallest absolute Gasteiger partial charge is 0.157 e. The van der Waals surface area contributed by atoms with Gasteiger partial charge in [0.05, 0.1) is 0 Å². The van der Waals surface area contributed by atoms with Crippen LogP contribution >= 0.6 is 11.6 Å². The van der Waals surface area contributed by atoms with E-state index in [1.54, 1.807) is 6.07 Å². The Kier molecular flexibility index (Phi) is 1.44. The number of rotatable bonds is 1. The van der Waals surface area contributed by atoms with Crippen molar-refractivity contribution < 1.29 is 13.0 Å². The zero-order valence-electron chi connectivity index (χ0n) is 13.9. The molecule has 2 nitrogen and oxygen atoms in total. The van der Waals surface area contributed by atoms with E-state index >= 15 is 0 Å². The molecule has 1 atom stereocenters. The van der Waals surface area contributed by atoms with E-state index in [1.165, 1.54) is 18.2 Å². The molecule has 0 heterocycles. The van der Waals surface area contributed by atoms with Crippen molar-refractivity contribution in [2.45, 2.75) is 31.1 Å². The molecule has 1 fully saturated rings. The van der Waals surface area contributed by atoms with Crippen LogP contribution in [0.1, 0.15) is 39.3 Å². The van der Waals surface area contributed by atoms with E-state index in [0.717, 1.165) is 0 Å². The maximum Gasteiger partial charge on any atom is 0.157 e. The zero-order valence-corrected chi connectivity index (χ0v) is 8.64. The van der Waals surface area contributed by atoms with Crippen LogP contribution in [0.25, 0.3) is 0 Å². The van der Waals surface area contributed by atoms with Gasteiger partial charge in [-0.1, -0.05) is 36.2 Å². The summed E-state index contributed by atoms with van der Waals surface area (Å²) in [6, 6.07) is 5.75. The molecule has 0 aliphatic heterocycles. The zero-order chi connectivity index (χ0) is 16.3. The van der Waals surface area contributed by atoms with Crippen LogP contribution in [0.4, 0.5) is 0 Å². The van der Waals surface area contributed by atoms with Crippen molar-refractivity contribution >= 4 is 17.4 Å². The van der Waals surface area contributed by atoms with Crippen LogP contribution in [0, 0.1) is 0 Å². The lowest BCUT2D eigenvalue weighted by atomic mass is 9.76. The van der Waals surface area contributed by atoms with E-state index in [2.05, 4.69) is 0 Å². The van der Waals surface area contributed by atoms with Crippen LogP contribution in [0.15, 0.2) is 24.3 Å². The summed E-state index contributed by atoms with van der Waals surface area (Å²) in [6.07, 6.45) is -8.91. The van der Waals surface area contributed by atoms with Gasteiger partial charge < -0.3 is 5.73 Å². The summed E-state index contributed by atoms with van der Waals surface area (Å²) < 4.78 is 47.2. The fraction of sp³-hybridized carbons (Fsp3) is 0.417. The minimum Gasteiger partial charge on any atom is -0.315 e. The number of carbonyl (C=O) groups is 1. The maximum atomic E-state index is 12.5. The van der Waals surface area contributed by atoms with Gasteiger partial charge in [-0.05, 0) is 24.4 Å². The lowest BCUT2D eigenvalue weighted by Crippen LogP contribution is -2.47. The van der Waals surface area contributed by atoms with Crippen molar-refractivity contribution in [2.24, 2.45) is 5.73 Å². The Labute approximate surface area is 103 Å². The topological polar surface area (TPSA) is 43.1 Å². The highest BCUT2D eigenvalue weighted by Crippen LogP contribution is 2.35. The third kappa shape index (κ3) is 1.80. The first-order valence-electron chi connectivity index (χ1n) is 7.47. The van der Waals surface area contributed by atoms with Gasteiger partial charge in [0.1, 0.15) is 5.54 Å². The van der Waals surface area contributed by atoms with Crippen molar-refractivity contribution in [2.75, 3.05) is 0 Å². The largest absolute Gasteiger partial charge is 0.315 e. The minimum absolute atomic E-state index is 0.00859. The van der Waals surface area contributed by atoms with Gasteiger partial charge in [-0.25, -0.2) is 0 Å². The molecular weight excluding hydrogens is 210 g/mol. The Bertz CT molecular complexity index is 605. The van der Waals surface area contributed by atoms with Gasteiger partial charge in [-0.15, -0.1) is 0 Å². The fourth-order valence-corrected chi connectivity index (χ4v) is 1.76. The van der Waals surface area contributed by atoms with Crippen molar-refractivity contribution in [1.82, 2.24) is 0 Å². The van der Waals surface area contributed by atoms with Gasteiger partial charge in [-0.2, -0.15) is 0 Å². The number of hydrogen-bond donors (Lipinski definition) is 1. The summed E-state index contributed by atoms with van der Waals surface area (Å²) in [7, 11) is 0. The molecule has 1 aliphatic rings. The van der Waals surface area contributed by atoms with Crippen LogP contribution in [-0.2, 0) is 10.3 Å². The van der Waals surface area contributed by atoms with E-state index in [4.69, 9.17) is 25.6 Å². The summed E-state index contributed by atoms with van der Waals surface area (Å²) >= 11 is 5.98. The molecule has 2 rings (SSSR count). The Morgan fingerprint density at radius 1 is 1.47 bits per heavy atom. The molecule has 0 aromatic heterocycles. The second-order valence-corrected chi connectivity index (χ2v) is 3.68. The molecule has 1 aromatic carbocycles. The lowest BCUT2D eigenvalue weighted by molar-refractivity contribution is -0.126. The molecule has 15 heavy (non-hydrogen) atoms. The maximum absolute atomic E-state index is 12.5. The predicted molar refractivity (Wildman–Crippen MR) is 60.8 cm³/mol. The first kappa shape index (κ1) is 5.46. The van der Waals surface area contributed by atoms with Gasteiger partial charge in [0.2, 0.25) is 0 Å². The highest BCUT2D eigenvalue weighted by Gasteiger charge is 2.38. The normalized spacial score (nSPS) is 42.7. The fourth-order valence-electron chi connectivity index (χ4n) is 1.47. The molecule has 80 valence electrons. The van der Waals surface area contributed by atoms with Crippen LogP contribution in [0.2, 0.25) is 5.02 Å².